The largest absolute Gasteiger partial charge is 0.330 e. The summed E-state index contributed by atoms with van der Waals surface area (Å²) >= 11 is 5.68. The Kier molecular flexibility index (Phi) is 3.71. The zero-order valence-electron chi connectivity index (χ0n) is 9.11. The third-order valence-electron chi connectivity index (χ3n) is 2.33. The lowest BCUT2D eigenvalue weighted by molar-refractivity contribution is 0.577. The van der Waals surface area contributed by atoms with E-state index < -0.39 is 0 Å². The maximum Gasteiger partial charge on any atom is 0.129 e. The first-order chi connectivity index (χ1) is 8.19. The van der Waals surface area contributed by atoms with E-state index in [1.165, 1.54) is 6.07 Å². The van der Waals surface area contributed by atoms with E-state index in [0.29, 0.717) is 30.1 Å². The number of rotatable bonds is 4. The molecule has 0 aliphatic carbocycles. The van der Waals surface area contributed by atoms with E-state index in [1.54, 1.807) is 23.0 Å². The summed E-state index contributed by atoms with van der Waals surface area (Å²) in [7, 11) is 0. The number of nitrogens with two attached hydrogens (primary N) is 1. The van der Waals surface area contributed by atoms with Gasteiger partial charge in [-0.2, -0.15) is 0 Å². The number of hydrogen-bond acceptors (Lipinski definition) is 3. The van der Waals surface area contributed by atoms with E-state index in [2.05, 4.69) is 10.3 Å². The topological polar surface area (TPSA) is 56.7 Å². The fourth-order valence-electron chi connectivity index (χ4n) is 1.50. The molecule has 17 heavy (non-hydrogen) atoms. The average Bonchev–Trinajstić information content (AvgIpc) is 2.71. The highest BCUT2D eigenvalue weighted by atomic mass is 35.5. The summed E-state index contributed by atoms with van der Waals surface area (Å²) in [5.41, 5.74) is 6.75. The van der Waals surface area contributed by atoms with E-state index in [-0.39, 0.29) is 5.82 Å². The molecular weight excluding hydrogens is 243 g/mol. The third-order valence-corrected chi connectivity index (χ3v) is 2.57. The van der Waals surface area contributed by atoms with Crippen LogP contribution in [0.15, 0.2) is 24.4 Å². The first-order valence-corrected chi connectivity index (χ1v) is 5.60. The molecule has 0 fully saturated rings. The molecule has 0 atom stereocenters. The molecule has 4 nitrogen and oxygen atoms in total. The van der Waals surface area contributed by atoms with Crippen LogP contribution in [-0.4, -0.2) is 21.5 Å². The van der Waals surface area contributed by atoms with E-state index in [1.807, 2.05) is 0 Å². The van der Waals surface area contributed by atoms with E-state index in [9.17, 15) is 4.39 Å². The Labute approximate surface area is 103 Å². The van der Waals surface area contributed by atoms with Crippen molar-refractivity contribution in [2.75, 3.05) is 6.54 Å². The van der Waals surface area contributed by atoms with Crippen molar-refractivity contribution in [2.45, 2.75) is 13.0 Å². The molecular formula is C11H12ClFN4. The lowest BCUT2D eigenvalue weighted by atomic mass is 10.2. The van der Waals surface area contributed by atoms with Gasteiger partial charge in [-0.3, -0.25) is 0 Å². The van der Waals surface area contributed by atoms with Crippen molar-refractivity contribution >= 4 is 11.6 Å². The summed E-state index contributed by atoms with van der Waals surface area (Å²) in [6, 6.07) is 4.58. The zero-order chi connectivity index (χ0) is 12.3. The number of halogens is 2. The van der Waals surface area contributed by atoms with Crippen LogP contribution in [0.3, 0.4) is 0 Å². The molecule has 0 radical (unpaired) electrons. The molecule has 0 aliphatic rings. The van der Waals surface area contributed by atoms with Gasteiger partial charge < -0.3 is 5.73 Å². The zero-order valence-corrected chi connectivity index (χ0v) is 9.86. The Hall–Kier alpha value is -1.46. The van der Waals surface area contributed by atoms with Crippen LogP contribution in [0, 0.1) is 5.82 Å². The van der Waals surface area contributed by atoms with Crippen LogP contribution >= 0.6 is 11.6 Å². The van der Waals surface area contributed by atoms with Gasteiger partial charge in [0.15, 0.2) is 0 Å². The summed E-state index contributed by atoms with van der Waals surface area (Å²) < 4.78 is 15.1. The van der Waals surface area contributed by atoms with Gasteiger partial charge in [0.1, 0.15) is 5.82 Å². The van der Waals surface area contributed by atoms with Crippen molar-refractivity contribution in [3.63, 3.8) is 0 Å². The molecule has 2 N–H and O–H groups in total. The second kappa shape index (κ2) is 5.25. The Morgan fingerprint density at radius 1 is 1.41 bits per heavy atom. The van der Waals surface area contributed by atoms with Crippen LogP contribution in [-0.2, 0) is 13.0 Å². The molecule has 6 heteroatoms. The SMILES string of the molecule is NCCc1cn(Cc2ccc(Cl)cc2F)nn1. The summed E-state index contributed by atoms with van der Waals surface area (Å²) in [5, 5.41) is 8.22. The predicted molar refractivity (Wildman–Crippen MR) is 63.3 cm³/mol. The first-order valence-electron chi connectivity index (χ1n) is 5.22. The van der Waals surface area contributed by atoms with Gasteiger partial charge in [0.05, 0.1) is 12.2 Å². The standard InChI is InChI=1S/C11H12ClFN4/c12-9-2-1-8(11(13)5-9)6-17-7-10(3-4-14)15-16-17/h1-2,5,7H,3-4,6,14H2. The van der Waals surface area contributed by atoms with Gasteiger partial charge in [-0.15, -0.1) is 5.10 Å². The molecule has 90 valence electrons. The van der Waals surface area contributed by atoms with E-state index in [4.69, 9.17) is 17.3 Å². The van der Waals surface area contributed by atoms with Crippen molar-refractivity contribution in [2.24, 2.45) is 5.73 Å². The van der Waals surface area contributed by atoms with Crippen LogP contribution in [0.25, 0.3) is 0 Å². The fourth-order valence-corrected chi connectivity index (χ4v) is 1.66. The van der Waals surface area contributed by atoms with Crippen molar-refractivity contribution in [3.8, 4) is 0 Å². The van der Waals surface area contributed by atoms with Gasteiger partial charge in [0, 0.05) is 23.2 Å². The highest BCUT2D eigenvalue weighted by Gasteiger charge is 2.05. The fraction of sp³-hybridized carbons (Fsp3) is 0.273. The molecule has 0 unspecified atom stereocenters. The molecule has 0 aliphatic heterocycles. The number of hydrogen-bond donors (Lipinski definition) is 1. The monoisotopic (exact) mass is 254 g/mol. The Morgan fingerprint density at radius 3 is 2.94 bits per heavy atom. The van der Waals surface area contributed by atoms with Gasteiger partial charge in [0.25, 0.3) is 0 Å². The lowest BCUT2D eigenvalue weighted by Crippen LogP contribution is -2.03. The van der Waals surface area contributed by atoms with Gasteiger partial charge in [-0.25, -0.2) is 9.07 Å². The molecule has 0 bridgehead atoms. The van der Waals surface area contributed by atoms with Gasteiger partial charge in [-0.05, 0) is 18.7 Å². The minimum atomic E-state index is -0.339. The molecule has 1 aromatic heterocycles. The number of benzene rings is 1. The van der Waals surface area contributed by atoms with E-state index in [0.717, 1.165) is 5.69 Å². The highest BCUT2D eigenvalue weighted by Crippen LogP contribution is 2.15. The minimum Gasteiger partial charge on any atom is -0.330 e. The molecule has 1 aromatic carbocycles. The Morgan fingerprint density at radius 2 is 2.24 bits per heavy atom. The molecule has 2 aromatic rings. The van der Waals surface area contributed by atoms with Crippen LogP contribution < -0.4 is 5.73 Å². The molecule has 2 rings (SSSR count). The summed E-state index contributed by atoms with van der Waals surface area (Å²) in [4.78, 5) is 0. The molecule has 0 saturated heterocycles. The molecule has 0 saturated carbocycles. The van der Waals surface area contributed by atoms with Crippen LogP contribution in [0.1, 0.15) is 11.3 Å². The van der Waals surface area contributed by atoms with Crippen molar-refractivity contribution in [3.05, 3.63) is 46.5 Å². The lowest BCUT2D eigenvalue weighted by Gasteiger charge is -2.02. The summed E-state index contributed by atoms with van der Waals surface area (Å²) in [6.07, 6.45) is 2.43. The second-order valence-corrected chi connectivity index (χ2v) is 4.12. The first kappa shape index (κ1) is 12.0. The Bertz CT molecular complexity index is 512. The van der Waals surface area contributed by atoms with Crippen molar-refractivity contribution in [1.82, 2.24) is 15.0 Å². The predicted octanol–water partition coefficient (Wildman–Crippen LogP) is 1.62. The minimum absolute atomic E-state index is 0.334. The van der Waals surface area contributed by atoms with Crippen molar-refractivity contribution in [1.29, 1.82) is 0 Å². The second-order valence-electron chi connectivity index (χ2n) is 3.68. The van der Waals surface area contributed by atoms with Gasteiger partial charge >= 0.3 is 0 Å². The van der Waals surface area contributed by atoms with Crippen LogP contribution in [0.2, 0.25) is 5.02 Å². The Balaban J connectivity index is 2.13. The van der Waals surface area contributed by atoms with Crippen LogP contribution in [0.4, 0.5) is 4.39 Å². The maximum absolute atomic E-state index is 13.5. The average molecular weight is 255 g/mol. The highest BCUT2D eigenvalue weighted by molar-refractivity contribution is 6.30. The van der Waals surface area contributed by atoms with Crippen molar-refractivity contribution < 1.29 is 4.39 Å². The summed E-state index contributed by atoms with van der Waals surface area (Å²) in [6.45, 7) is 0.856. The smallest absolute Gasteiger partial charge is 0.129 e. The quantitative estimate of drug-likeness (QED) is 0.902. The normalized spacial score (nSPS) is 10.8. The molecule has 0 spiro atoms. The van der Waals surface area contributed by atoms with Gasteiger partial charge in [0.2, 0.25) is 0 Å². The molecule has 0 amide bonds. The third kappa shape index (κ3) is 3.01. The summed E-state index contributed by atoms with van der Waals surface area (Å²) in [5.74, 6) is -0.339. The number of aromatic nitrogens is 3. The maximum atomic E-state index is 13.5. The van der Waals surface area contributed by atoms with E-state index >= 15 is 0 Å². The van der Waals surface area contributed by atoms with Crippen LogP contribution in [0.5, 0.6) is 0 Å². The number of nitrogens with zero attached hydrogens (tertiary/aromatic N) is 3. The van der Waals surface area contributed by atoms with Gasteiger partial charge in [-0.1, -0.05) is 22.9 Å². The molecule has 1 heterocycles.